The smallest absolute Gasteiger partial charge is 0.238 e. The van der Waals surface area contributed by atoms with Gasteiger partial charge in [-0.2, -0.15) is 0 Å². The van der Waals surface area contributed by atoms with E-state index < -0.39 is 10.0 Å². The van der Waals surface area contributed by atoms with Gasteiger partial charge in [0.2, 0.25) is 15.9 Å². The fraction of sp³-hybridized carbons (Fsp3) is 0.0435. The van der Waals surface area contributed by atoms with Gasteiger partial charge in [0.25, 0.3) is 0 Å². The molecule has 7 nitrogen and oxygen atoms in total. The van der Waals surface area contributed by atoms with Gasteiger partial charge < -0.3 is 4.42 Å². The fourth-order valence-corrected chi connectivity index (χ4v) is 4.69. The first kappa shape index (κ1) is 24.4. The van der Waals surface area contributed by atoms with E-state index in [1.54, 1.807) is 24.3 Å². The van der Waals surface area contributed by atoms with Crippen LogP contribution in [0.5, 0.6) is 0 Å². The monoisotopic (exact) mass is 531 g/mol. The summed E-state index contributed by atoms with van der Waals surface area (Å²) in [5, 5.41) is 16.2. The Hall–Kier alpha value is -2.73. The molecule has 0 saturated heterocycles. The Labute approximate surface area is 211 Å². The molecule has 0 radical (unpaired) electrons. The van der Waals surface area contributed by atoms with Crippen LogP contribution < -0.4 is 5.14 Å². The highest BCUT2D eigenvalue weighted by Crippen LogP contribution is 2.37. The molecule has 0 fully saturated rings. The summed E-state index contributed by atoms with van der Waals surface area (Å²) in [5.41, 5.74) is 2.64. The van der Waals surface area contributed by atoms with Gasteiger partial charge in [0.05, 0.1) is 4.90 Å². The molecule has 0 aliphatic rings. The Morgan fingerprint density at radius 3 is 2.32 bits per heavy atom. The van der Waals surface area contributed by atoms with Gasteiger partial charge >= 0.3 is 0 Å². The van der Waals surface area contributed by atoms with Crippen LogP contribution in [0.1, 0.15) is 0 Å². The van der Waals surface area contributed by atoms with Crippen molar-refractivity contribution in [2.75, 3.05) is 7.05 Å². The third kappa shape index (κ3) is 5.49. The Morgan fingerprint density at radius 2 is 1.71 bits per heavy atom. The van der Waals surface area contributed by atoms with Crippen molar-refractivity contribution in [3.05, 3.63) is 77.8 Å². The summed E-state index contributed by atoms with van der Waals surface area (Å²) in [6, 6.07) is 20.6. The zero-order chi connectivity index (χ0) is 24.5. The Kier molecular flexibility index (Phi) is 7.08. The van der Waals surface area contributed by atoms with Crippen molar-refractivity contribution in [1.29, 1.82) is 0 Å². The summed E-state index contributed by atoms with van der Waals surface area (Å²) in [7, 11) is -2.36. The number of nitrogens with two attached hydrogens (primary N) is 1. The first-order valence-electron chi connectivity index (χ1n) is 9.76. The lowest BCUT2D eigenvalue weighted by atomic mass is 10.1. The van der Waals surface area contributed by atoms with E-state index in [2.05, 4.69) is 0 Å². The Balaban J connectivity index is 1.80. The van der Waals surface area contributed by atoms with Crippen LogP contribution in [0, 0.1) is 0 Å². The quantitative estimate of drug-likeness (QED) is 0.192. The van der Waals surface area contributed by atoms with Gasteiger partial charge in [-0.05, 0) is 54.6 Å². The average Bonchev–Trinajstić information content (AvgIpc) is 3.25. The molecule has 0 aliphatic carbocycles. The lowest BCUT2D eigenvalue weighted by Crippen LogP contribution is -2.16. The highest BCUT2D eigenvalue weighted by Gasteiger charge is 2.19. The predicted octanol–water partition coefficient (Wildman–Crippen LogP) is 5.67. The van der Waals surface area contributed by atoms with E-state index in [4.69, 9.17) is 38.4 Å². The molecule has 4 aromatic rings. The SMILES string of the molecule is CN(O)C(=S)Sc1cccc(-c2nc(-c3ccc(S(N)(=O)=O)cc3)c(-c3ccc(Cl)cc3)o2)c1. The minimum absolute atomic E-state index is 0.00237. The van der Waals surface area contributed by atoms with E-state index >= 15 is 0 Å². The first-order valence-corrected chi connectivity index (χ1v) is 12.9. The summed E-state index contributed by atoms with van der Waals surface area (Å²) < 4.78 is 29.8. The number of thioether (sulfide) groups is 1. The number of hydroxylamine groups is 2. The van der Waals surface area contributed by atoms with Gasteiger partial charge in [-0.1, -0.05) is 53.8 Å². The maximum Gasteiger partial charge on any atom is 0.238 e. The molecule has 3 aromatic carbocycles. The molecule has 0 amide bonds. The van der Waals surface area contributed by atoms with Gasteiger partial charge in [-0.15, -0.1) is 0 Å². The number of hydrogen-bond acceptors (Lipinski definition) is 7. The molecule has 0 atom stereocenters. The van der Waals surface area contributed by atoms with E-state index in [0.29, 0.717) is 37.8 Å². The number of rotatable bonds is 5. The van der Waals surface area contributed by atoms with Crippen molar-refractivity contribution in [1.82, 2.24) is 10.0 Å². The maximum atomic E-state index is 11.6. The lowest BCUT2D eigenvalue weighted by molar-refractivity contribution is 0.0205. The summed E-state index contributed by atoms with van der Waals surface area (Å²) in [5.74, 6) is 0.861. The Morgan fingerprint density at radius 1 is 1.06 bits per heavy atom. The number of primary sulfonamides is 1. The first-order chi connectivity index (χ1) is 16.1. The largest absolute Gasteiger partial charge is 0.435 e. The van der Waals surface area contributed by atoms with E-state index in [0.717, 1.165) is 15.5 Å². The number of benzene rings is 3. The predicted molar refractivity (Wildman–Crippen MR) is 137 cm³/mol. The van der Waals surface area contributed by atoms with Crippen LogP contribution in [-0.4, -0.2) is 35.0 Å². The molecule has 1 aromatic heterocycles. The van der Waals surface area contributed by atoms with Crippen molar-refractivity contribution in [2.45, 2.75) is 9.79 Å². The zero-order valence-corrected chi connectivity index (χ0v) is 20.9. The normalized spacial score (nSPS) is 11.4. The minimum Gasteiger partial charge on any atom is -0.435 e. The number of hydrogen-bond donors (Lipinski definition) is 2. The summed E-state index contributed by atoms with van der Waals surface area (Å²) >= 11 is 12.4. The van der Waals surface area contributed by atoms with Crippen LogP contribution >= 0.6 is 35.6 Å². The molecule has 0 unspecified atom stereocenters. The fourth-order valence-electron chi connectivity index (χ4n) is 3.10. The van der Waals surface area contributed by atoms with E-state index in [1.807, 2.05) is 36.4 Å². The van der Waals surface area contributed by atoms with Crippen molar-refractivity contribution in [3.63, 3.8) is 0 Å². The number of halogens is 1. The molecule has 34 heavy (non-hydrogen) atoms. The molecule has 4 rings (SSSR count). The third-order valence-corrected chi connectivity index (χ3v) is 7.36. The highest BCUT2D eigenvalue weighted by atomic mass is 35.5. The number of oxazole rings is 1. The second-order valence-corrected chi connectivity index (χ2v) is 10.9. The topological polar surface area (TPSA) is 110 Å². The summed E-state index contributed by atoms with van der Waals surface area (Å²) in [6.07, 6.45) is 0. The van der Waals surface area contributed by atoms with Crippen molar-refractivity contribution in [2.24, 2.45) is 5.14 Å². The standard InChI is InChI=1S/C23H18ClN3O4S3/c1-27(28)23(32)33-18-4-2-3-16(13-18)22-26-20(14-7-11-19(12-8-14)34(25,29)30)21(31-22)15-5-9-17(24)10-6-15/h2-13,28H,1H3,(H2,25,29,30). The van der Waals surface area contributed by atoms with Gasteiger partial charge in [0.15, 0.2) is 10.1 Å². The van der Waals surface area contributed by atoms with Gasteiger partial charge in [0, 0.05) is 33.7 Å². The molecule has 1 heterocycles. The van der Waals surface area contributed by atoms with Crippen molar-refractivity contribution >= 4 is 49.9 Å². The second kappa shape index (κ2) is 9.87. The van der Waals surface area contributed by atoms with Crippen LogP contribution in [0.3, 0.4) is 0 Å². The van der Waals surface area contributed by atoms with Crippen LogP contribution in [0.25, 0.3) is 34.0 Å². The molecule has 0 spiro atoms. The average molecular weight is 532 g/mol. The minimum atomic E-state index is -3.82. The van der Waals surface area contributed by atoms with Crippen LogP contribution in [-0.2, 0) is 10.0 Å². The molecule has 174 valence electrons. The summed E-state index contributed by atoms with van der Waals surface area (Å²) in [6.45, 7) is 0. The number of aromatic nitrogens is 1. The number of sulfonamides is 1. The number of thiocarbonyl (C=S) groups is 1. The molecule has 0 aliphatic heterocycles. The number of nitrogens with zero attached hydrogens (tertiary/aromatic N) is 2. The lowest BCUT2D eigenvalue weighted by Gasteiger charge is -2.10. The Bertz CT molecular complexity index is 1450. The summed E-state index contributed by atoms with van der Waals surface area (Å²) in [4.78, 5) is 5.52. The van der Waals surface area contributed by atoms with E-state index in [9.17, 15) is 13.6 Å². The molecule has 3 N–H and O–H groups in total. The zero-order valence-electron chi connectivity index (χ0n) is 17.7. The van der Waals surface area contributed by atoms with Gasteiger partial charge in [-0.3, -0.25) is 5.21 Å². The van der Waals surface area contributed by atoms with Gasteiger partial charge in [-0.25, -0.2) is 23.6 Å². The van der Waals surface area contributed by atoms with Crippen LogP contribution in [0.2, 0.25) is 5.02 Å². The molecular weight excluding hydrogens is 514 g/mol. The highest BCUT2D eigenvalue weighted by molar-refractivity contribution is 8.22. The van der Waals surface area contributed by atoms with Crippen molar-refractivity contribution < 1.29 is 18.0 Å². The second-order valence-electron chi connectivity index (χ2n) is 7.19. The van der Waals surface area contributed by atoms with Gasteiger partial charge in [0.1, 0.15) is 5.69 Å². The third-order valence-electron chi connectivity index (χ3n) is 4.74. The van der Waals surface area contributed by atoms with E-state index in [-0.39, 0.29) is 4.90 Å². The van der Waals surface area contributed by atoms with Crippen LogP contribution in [0.15, 0.2) is 87.0 Å². The van der Waals surface area contributed by atoms with E-state index in [1.165, 1.54) is 30.9 Å². The van der Waals surface area contributed by atoms with Crippen molar-refractivity contribution in [3.8, 4) is 34.0 Å². The molecule has 0 bridgehead atoms. The molecular formula is C23H18ClN3O4S3. The molecule has 0 saturated carbocycles. The maximum absolute atomic E-state index is 11.6. The molecule has 11 heteroatoms. The van der Waals surface area contributed by atoms with Crippen LogP contribution in [0.4, 0.5) is 0 Å².